The van der Waals surface area contributed by atoms with Crippen LogP contribution in [0.1, 0.15) is 11.1 Å². The highest BCUT2D eigenvalue weighted by atomic mass is 35.5. The van der Waals surface area contributed by atoms with Gasteiger partial charge in [-0.25, -0.2) is 9.18 Å². The molecule has 0 aliphatic carbocycles. The number of hydrogen-bond acceptors (Lipinski definition) is 2. The second-order valence-corrected chi connectivity index (χ2v) is 4.72. The SMILES string of the molecule is Cc1cccc(Oc2cccc(Cl)c2/C=C/C(=O)O)c1F. The zero-order valence-electron chi connectivity index (χ0n) is 11.1. The number of halogens is 2. The standard InChI is InChI=1S/C16H12ClFO3/c1-10-4-2-7-14(16(10)18)21-13-6-3-5-12(17)11(13)8-9-15(19)20/h2-9H,1H3,(H,19,20)/b9-8+. The zero-order valence-corrected chi connectivity index (χ0v) is 11.9. The van der Waals surface area contributed by atoms with E-state index in [0.29, 0.717) is 16.1 Å². The molecule has 5 heteroatoms. The van der Waals surface area contributed by atoms with Gasteiger partial charge in [-0.2, -0.15) is 0 Å². The Morgan fingerprint density at radius 1 is 1.24 bits per heavy atom. The van der Waals surface area contributed by atoms with Gasteiger partial charge in [0.2, 0.25) is 0 Å². The number of carbonyl (C=O) groups is 1. The van der Waals surface area contributed by atoms with Crippen LogP contribution in [-0.2, 0) is 4.79 Å². The molecular weight excluding hydrogens is 295 g/mol. The Hall–Kier alpha value is -2.33. The first kappa shape index (κ1) is 15.1. The molecule has 0 fully saturated rings. The number of aryl methyl sites for hydroxylation is 1. The lowest BCUT2D eigenvalue weighted by Gasteiger charge is -2.11. The molecule has 2 aromatic carbocycles. The van der Waals surface area contributed by atoms with E-state index in [-0.39, 0.29) is 11.5 Å². The van der Waals surface area contributed by atoms with Crippen LogP contribution in [0, 0.1) is 12.7 Å². The van der Waals surface area contributed by atoms with E-state index in [2.05, 4.69) is 0 Å². The molecule has 0 amide bonds. The van der Waals surface area contributed by atoms with E-state index < -0.39 is 11.8 Å². The lowest BCUT2D eigenvalue weighted by molar-refractivity contribution is -0.131. The number of carboxylic acid groups (broad SMARTS) is 1. The first-order valence-electron chi connectivity index (χ1n) is 6.11. The summed E-state index contributed by atoms with van der Waals surface area (Å²) in [5.74, 6) is -1.24. The summed E-state index contributed by atoms with van der Waals surface area (Å²) in [6, 6.07) is 9.63. The Balaban J connectivity index is 2.42. The Kier molecular flexibility index (Phi) is 4.60. The molecule has 1 N–H and O–H groups in total. The van der Waals surface area contributed by atoms with Gasteiger partial charge in [-0.3, -0.25) is 0 Å². The maximum Gasteiger partial charge on any atom is 0.328 e. The predicted octanol–water partition coefficient (Wildman–Crippen LogP) is 4.68. The van der Waals surface area contributed by atoms with Gasteiger partial charge in [0.1, 0.15) is 5.75 Å². The molecule has 0 atom stereocenters. The molecule has 3 nitrogen and oxygen atoms in total. The number of carboxylic acids is 1. The van der Waals surface area contributed by atoms with E-state index in [4.69, 9.17) is 21.4 Å². The van der Waals surface area contributed by atoms with Crippen molar-refractivity contribution in [1.82, 2.24) is 0 Å². The predicted molar refractivity (Wildman–Crippen MR) is 79.3 cm³/mol. The second-order valence-electron chi connectivity index (χ2n) is 4.31. The third-order valence-corrected chi connectivity index (χ3v) is 3.11. The van der Waals surface area contributed by atoms with Gasteiger partial charge in [0.05, 0.1) is 5.02 Å². The van der Waals surface area contributed by atoms with Gasteiger partial charge in [-0.15, -0.1) is 0 Å². The summed E-state index contributed by atoms with van der Waals surface area (Å²) in [5.41, 5.74) is 0.833. The highest BCUT2D eigenvalue weighted by molar-refractivity contribution is 6.32. The third kappa shape index (κ3) is 3.61. The van der Waals surface area contributed by atoms with Crippen molar-refractivity contribution in [3.63, 3.8) is 0 Å². The van der Waals surface area contributed by atoms with Crippen LogP contribution in [0.2, 0.25) is 5.02 Å². The van der Waals surface area contributed by atoms with Crippen LogP contribution in [0.4, 0.5) is 4.39 Å². The monoisotopic (exact) mass is 306 g/mol. The quantitative estimate of drug-likeness (QED) is 0.834. The van der Waals surface area contributed by atoms with Crippen molar-refractivity contribution in [2.75, 3.05) is 0 Å². The van der Waals surface area contributed by atoms with Crippen molar-refractivity contribution >= 4 is 23.6 Å². The molecule has 0 radical (unpaired) electrons. The average molecular weight is 307 g/mol. The molecule has 108 valence electrons. The number of aliphatic carboxylic acids is 1. The average Bonchev–Trinajstić information content (AvgIpc) is 2.43. The third-order valence-electron chi connectivity index (χ3n) is 2.78. The number of ether oxygens (including phenoxy) is 1. The molecule has 0 saturated heterocycles. The van der Waals surface area contributed by atoms with E-state index in [1.807, 2.05) is 0 Å². The Morgan fingerprint density at radius 2 is 1.90 bits per heavy atom. The van der Waals surface area contributed by atoms with Crippen LogP contribution < -0.4 is 4.74 Å². The van der Waals surface area contributed by atoms with Crippen LogP contribution in [0.15, 0.2) is 42.5 Å². The van der Waals surface area contributed by atoms with E-state index in [9.17, 15) is 9.18 Å². The summed E-state index contributed by atoms with van der Waals surface area (Å²) in [4.78, 5) is 10.6. The molecule has 0 heterocycles. The van der Waals surface area contributed by atoms with Gasteiger partial charge in [0.25, 0.3) is 0 Å². The van der Waals surface area contributed by atoms with Crippen molar-refractivity contribution in [2.24, 2.45) is 0 Å². The highest BCUT2D eigenvalue weighted by Crippen LogP contribution is 2.33. The van der Waals surface area contributed by atoms with Crippen LogP contribution in [0.3, 0.4) is 0 Å². The maximum absolute atomic E-state index is 14.0. The zero-order chi connectivity index (χ0) is 15.4. The maximum atomic E-state index is 14.0. The summed E-state index contributed by atoms with van der Waals surface area (Å²) in [6.07, 6.45) is 2.26. The lowest BCUT2D eigenvalue weighted by Crippen LogP contribution is -1.94. The van der Waals surface area contributed by atoms with E-state index in [1.165, 1.54) is 12.1 Å². The molecule has 0 unspecified atom stereocenters. The van der Waals surface area contributed by atoms with Gasteiger partial charge in [0.15, 0.2) is 11.6 Å². The minimum absolute atomic E-state index is 0.0576. The molecule has 2 aromatic rings. The topological polar surface area (TPSA) is 46.5 Å². The van der Waals surface area contributed by atoms with Crippen LogP contribution in [0.25, 0.3) is 6.08 Å². The van der Waals surface area contributed by atoms with Gasteiger partial charge in [-0.05, 0) is 36.8 Å². The molecular formula is C16H12ClFO3. The van der Waals surface area contributed by atoms with Crippen LogP contribution >= 0.6 is 11.6 Å². The summed E-state index contributed by atoms with van der Waals surface area (Å²) in [6.45, 7) is 1.63. The fourth-order valence-electron chi connectivity index (χ4n) is 1.74. The van der Waals surface area contributed by atoms with Gasteiger partial charge < -0.3 is 9.84 Å². The molecule has 0 aliphatic heterocycles. The number of hydrogen-bond donors (Lipinski definition) is 1. The Labute approximate surface area is 126 Å². The number of benzene rings is 2. The summed E-state index contributed by atoms with van der Waals surface area (Å²) >= 11 is 6.03. The smallest absolute Gasteiger partial charge is 0.328 e. The largest absolute Gasteiger partial charge is 0.478 e. The van der Waals surface area contributed by atoms with Crippen molar-refractivity contribution in [3.05, 3.63) is 64.4 Å². The van der Waals surface area contributed by atoms with Gasteiger partial charge in [-0.1, -0.05) is 29.8 Å². The Bertz CT molecular complexity index is 711. The normalized spacial score (nSPS) is 10.8. The van der Waals surface area contributed by atoms with Crippen molar-refractivity contribution < 1.29 is 19.0 Å². The van der Waals surface area contributed by atoms with Crippen molar-refractivity contribution in [3.8, 4) is 11.5 Å². The molecule has 21 heavy (non-hydrogen) atoms. The van der Waals surface area contributed by atoms with Crippen molar-refractivity contribution in [2.45, 2.75) is 6.92 Å². The molecule has 0 bridgehead atoms. The highest BCUT2D eigenvalue weighted by Gasteiger charge is 2.11. The van der Waals surface area contributed by atoms with Crippen LogP contribution in [-0.4, -0.2) is 11.1 Å². The molecule has 0 spiro atoms. The Morgan fingerprint density at radius 3 is 2.62 bits per heavy atom. The second kappa shape index (κ2) is 6.41. The number of rotatable bonds is 4. The van der Waals surface area contributed by atoms with E-state index in [1.54, 1.807) is 37.3 Å². The molecule has 0 aromatic heterocycles. The molecule has 2 rings (SSSR count). The first-order chi connectivity index (χ1) is 9.99. The fraction of sp³-hybridized carbons (Fsp3) is 0.0625. The first-order valence-corrected chi connectivity index (χ1v) is 6.49. The summed E-state index contributed by atoms with van der Waals surface area (Å²) in [5, 5.41) is 9.01. The minimum atomic E-state index is -1.11. The summed E-state index contributed by atoms with van der Waals surface area (Å²) < 4.78 is 19.5. The fourth-order valence-corrected chi connectivity index (χ4v) is 1.97. The van der Waals surface area contributed by atoms with E-state index >= 15 is 0 Å². The van der Waals surface area contributed by atoms with Crippen molar-refractivity contribution in [1.29, 1.82) is 0 Å². The van der Waals surface area contributed by atoms with Gasteiger partial charge >= 0.3 is 5.97 Å². The van der Waals surface area contributed by atoms with Crippen LogP contribution in [0.5, 0.6) is 11.5 Å². The van der Waals surface area contributed by atoms with E-state index in [0.717, 1.165) is 6.08 Å². The molecule has 0 saturated carbocycles. The lowest BCUT2D eigenvalue weighted by atomic mass is 10.1. The molecule has 0 aliphatic rings. The van der Waals surface area contributed by atoms with Gasteiger partial charge in [0, 0.05) is 11.6 Å². The minimum Gasteiger partial charge on any atom is -0.478 e. The summed E-state index contributed by atoms with van der Waals surface area (Å²) in [7, 11) is 0.